The molecule has 1 N–H and O–H groups in total. The van der Waals surface area contributed by atoms with Crippen molar-refractivity contribution < 1.29 is 14.3 Å². The molecule has 0 radical (unpaired) electrons. The van der Waals surface area contributed by atoms with Crippen LogP contribution in [0.15, 0.2) is 65.7 Å². The predicted molar refractivity (Wildman–Crippen MR) is 218 cm³/mol. The topological polar surface area (TPSA) is 71.0 Å². The van der Waals surface area contributed by atoms with Gasteiger partial charge in [-0.25, -0.2) is 0 Å². The van der Waals surface area contributed by atoms with Crippen LogP contribution in [0.25, 0.3) is 0 Å². The molecule has 0 aromatic heterocycles. The molecular formula is C48H61N3O3. The fourth-order valence-corrected chi connectivity index (χ4v) is 11.0. The molecule has 2 aliphatic carbocycles. The molecule has 6 heteroatoms. The molecule has 2 saturated carbocycles. The minimum Gasteiger partial charge on any atom is -0.486 e. The van der Waals surface area contributed by atoms with Crippen molar-refractivity contribution >= 4 is 18.0 Å². The minimum absolute atomic E-state index is 0.0185. The van der Waals surface area contributed by atoms with Crippen molar-refractivity contribution in [1.29, 1.82) is 0 Å². The number of hydrogen-bond donors (Lipinski definition) is 1. The first kappa shape index (κ1) is 37.0. The molecule has 5 aliphatic rings. The Hall–Kier alpha value is -3.93. The number of likely N-dealkylation sites (tertiary alicyclic amines) is 1. The Morgan fingerprint density at radius 3 is 2.52 bits per heavy atom. The molecule has 54 heavy (non-hydrogen) atoms. The van der Waals surface area contributed by atoms with Crippen LogP contribution in [0.1, 0.15) is 172 Å². The van der Waals surface area contributed by atoms with E-state index in [1.807, 2.05) is 4.90 Å². The quantitative estimate of drug-likeness (QED) is 0.275. The van der Waals surface area contributed by atoms with E-state index >= 15 is 0 Å². The van der Waals surface area contributed by atoms with Gasteiger partial charge in [0.25, 0.3) is 5.91 Å². The SMILES string of the molecule is CCc1ccc2c(c1)C1C=NCCC(NC(=O)c3cc(C(C)C4CCCCC4)cc(C4CCCCN4C(C)=O)c3)Cc3cccc(c3)C1C1(CCCC1)O2. The summed E-state index contributed by atoms with van der Waals surface area (Å²) < 4.78 is 7.07. The number of nitrogens with zero attached hydrogens (tertiary/aromatic N) is 2. The van der Waals surface area contributed by atoms with Crippen molar-refractivity contribution in [2.24, 2.45) is 10.9 Å². The number of ether oxygens (including phenoxy) is 1. The third-order valence-corrected chi connectivity index (χ3v) is 13.9. The second-order valence-electron chi connectivity index (χ2n) is 17.4. The second-order valence-corrected chi connectivity index (χ2v) is 17.4. The fraction of sp³-hybridized carbons (Fsp3) is 0.562. The number of rotatable bonds is 6. The van der Waals surface area contributed by atoms with Gasteiger partial charge in [-0.1, -0.05) is 75.6 Å². The van der Waals surface area contributed by atoms with Gasteiger partial charge in [-0.15, -0.1) is 0 Å². The van der Waals surface area contributed by atoms with Gasteiger partial charge in [0.1, 0.15) is 11.4 Å². The van der Waals surface area contributed by atoms with Gasteiger partial charge >= 0.3 is 0 Å². The Morgan fingerprint density at radius 1 is 0.907 bits per heavy atom. The number of hydrogen-bond acceptors (Lipinski definition) is 4. The van der Waals surface area contributed by atoms with Crippen molar-refractivity contribution in [2.75, 3.05) is 13.1 Å². The van der Waals surface area contributed by atoms with Crippen molar-refractivity contribution in [2.45, 2.75) is 153 Å². The van der Waals surface area contributed by atoms with Gasteiger partial charge in [-0.2, -0.15) is 0 Å². The molecule has 2 bridgehead atoms. The van der Waals surface area contributed by atoms with Crippen LogP contribution < -0.4 is 10.1 Å². The van der Waals surface area contributed by atoms with E-state index in [1.54, 1.807) is 6.92 Å². The summed E-state index contributed by atoms with van der Waals surface area (Å²) in [5, 5.41) is 3.51. The lowest BCUT2D eigenvalue weighted by atomic mass is 9.68. The first-order chi connectivity index (χ1) is 26.3. The van der Waals surface area contributed by atoms with Crippen LogP contribution in [0.4, 0.5) is 0 Å². The summed E-state index contributed by atoms with van der Waals surface area (Å²) in [6.45, 7) is 7.70. The molecule has 3 aromatic carbocycles. The van der Waals surface area contributed by atoms with Crippen LogP contribution in [0.5, 0.6) is 5.75 Å². The van der Waals surface area contributed by atoms with Crippen LogP contribution in [-0.2, 0) is 17.6 Å². The molecule has 2 amide bonds. The van der Waals surface area contributed by atoms with Gasteiger partial charge < -0.3 is 15.0 Å². The van der Waals surface area contributed by atoms with E-state index in [0.717, 1.165) is 74.8 Å². The van der Waals surface area contributed by atoms with Gasteiger partial charge in [-0.3, -0.25) is 14.6 Å². The lowest BCUT2D eigenvalue weighted by molar-refractivity contribution is -0.132. The molecule has 6 nitrogen and oxygen atoms in total. The van der Waals surface area contributed by atoms with Crippen LogP contribution >= 0.6 is 0 Å². The maximum absolute atomic E-state index is 14.5. The average Bonchev–Trinajstić information content (AvgIpc) is 3.66. The highest BCUT2D eigenvalue weighted by Crippen LogP contribution is 2.56. The number of carbonyl (C=O) groups excluding carboxylic acids is 2. The highest BCUT2D eigenvalue weighted by molar-refractivity contribution is 5.95. The Morgan fingerprint density at radius 2 is 1.72 bits per heavy atom. The monoisotopic (exact) mass is 727 g/mol. The van der Waals surface area contributed by atoms with Gasteiger partial charge in [0.2, 0.25) is 5.91 Å². The number of fused-ring (bicyclic) bond motifs is 7. The molecule has 286 valence electrons. The first-order valence-electron chi connectivity index (χ1n) is 21.5. The predicted octanol–water partition coefficient (Wildman–Crippen LogP) is 10.4. The largest absolute Gasteiger partial charge is 0.486 e. The standard InChI is InChI=1S/C48H61N3O3/c1-4-34-18-19-45-42(27-34)43-31-49-23-20-41(26-35-13-12-16-37(25-35)46(43)48(54-45)21-9-10-22-48)50-47(53)40-29-38(32(2)36-14-6-5-7-15-36)28-39(30-40)44-17-8-11-24-51(44)33(3)52/h12-13,16,18-19,25,27-32,36,41,43-44,46H,4-11,14-15,17,20-24,26H2,1-3H3,(H,50,53). The summed E-state index contributed by atoms with van der Waals surface area (Å²) in [7, 11) is 0. The summed E-state index contributed by atoms with van der Waals surface area (Å²) in [5.41, 5.74) is 8.01. The molecule has 1 saturated heterocycles. The number of nitrogens with one attached hydrogen (secondary N) is 1. The Kier molecular flexibility index (Phi) is 11.0. The number of benzene rings is 3. The van der Waals surface area contributed by atoms with Crippen LogP contribution in [0.2, 0.25) is 0 Å². The number of amides is 2. The van der Waals surface area contributed by atoms with Crippen molar-refractivity contribution in [3.05, 3.63) is 99.6 Å². The van der Waals surface area contributed by atoms with E-state index in [1.165, 1.54) is 72.8 Å². The summed E-state index contributed by atoms with van der Waals surface area (Å²) in [4.78, 5) is 34.5. The van der Waals surface area contributed by atoms with Gasteiger partial charge in [0, 0.05) is 55.2 Å². The normalized spacial score (nSPS) is 25.9. The van der Waals surface area contributed by atoms with Crippen molar-refractivity contribution in [1.82, 2.24) is 10.2 Å². The number of piperidine rings is 1. The zero-order chi connectivity index (χ0) is 37.2. The minimum atomic E-state index is -0.231. The molecule has 3 fully saturated rings. The average molecular weight is 728 g/mol. The molecule has 3 heterocycles. The lowest BCUT2D eigenvalue weighted by Gasteiger charge is -2.46. The molecule has 5 unspecified atom stereocenters. The van der Waals surface area contributed by atoms with E-state index in [2.05, 4.69) is 86.0 Å². The zero-order valence-electron chi connectivity index (χ0n) is 33.0. The van der Waals surface area contributed by atoms with Gasteiger partial charge in [0.15, 0.2) is 0 Å². The Balaban J connectivity index is 1.11. The molecule has 5 atom stereocenters. The van der Waals surface area contributed by atoms with E-state index < -0.39 is 0 Å². The maximum atomic E-state index is 14.5. The summed E-state index contributed by atoms with van der Waals surface area (Å²) in [6, 6.07) is 22.5. The molecule has 8 rings (SSSR count). The first-order valence-corrected chi connectivity index (χ1v) is 21.5. The van der Waals surface area contributed by atoms with E-state index in [-0.39, 0.29) is 41.3 Å². The molecule has 3 aromatic rings. The third kappa shape index (κ3) is 7.51. The summed E-state index contributed by atoms with van der Waals surface area (Å²) >= 11 is 0. The maximum Gasteiger partial charge on any atom is 0.251 e. The number of aliphatic imine (C=N–C) groups is 1. The smallest absolute Gasteiger partial charge is 0.251 e. The fourth-order valence-electron chi connectivity index (χ4n) is 11.0. The van der Waals surface area contributed by atoms with Crippen LogP contribution in [0.3, 0.4) is 0 Å². The molecular weight excluding hydrogens is 667 g/mol. The Bertz CT molecular complexity index is 1850. The van der Waals surface area contributed by atoms with Crippen molar-refractivity contribution in [3.63, 3.8) is 0 Å². The van der Waals surface area contributed by atoms with E-state index in [0.29, 0.717) is 18.4 Å². The van der Waals surface area contributed by atoms with E-state index in [4.69, 9.17) is 9.73 Å². The molecule has 1 spiro atoms. The zero-order valence-corrected chi connectivity index (χ0v) is 33.0. The highest BCUT2D eigenvalue weighted by atomic mass is 16.5. The number of aryl methyl sites for hydroxylation is 1. The summed E-state index contributed by atoms with van der Waals surface area (Å²) in [5.74, 6) is 2.46. The van der Waals surface area contributed by atoms with Gasteiger partial charge in [0.05, 0.1) is 6.04 Å². The van der Waals surface area contributed by atoms with Gasteiger partial charge in [-0.05, 0) is 135 Å². The molecule has 3 aliphatic heterocycles. The van der Waals surface area contributed by atoms with Crippen LogP contribution in [0, 0.1) is 5.92 Å². The third-order valence-electron chi connectivity index (χ3n) is 13.9. The second kappa shape index (κ2) is 16.0. The van der Waals surface area contributed by atoms with Crippen LogP contribution in [-0.4, -0.2) is 47.7 Å². The summed E-state index contributed by atoms with van der Waals surface area (Å²) in [6.07, 6.45) is 18.7. The van der Waals surface area contributed by atoms with E-state index in [9.17, 15) is 9.59 Å². The Labute approximate surface area is 323 Å². The number of carbonyl (C=O) groups is 2. The lowest BCUT2D eigenvalue weighted by Crippen LogP contribution is -2.46. The highest BCUT2D eigenvalue weighted by Gasteiger charge is 2.51. The van der Waals surface area contributed by atoms with Crippen molar-refractivity contribution in [3.8, 4) is 5.75 Å².